The first-order valence-electron chi connectivity index (χ1n) is 9.96. The number of rotatable bonds is 7. The number of amides is 1. The molecule has 0 radical (unpaired) electrons. The lowest BCUT2D eigenvalue weighted by molar-refractivity contribution is 0.0957. The molecule has 5 nitrogen and oxygen atoms in total. The molecule has 1 aromatic heterocycles. The molecule has 1 heterocycles. The minimum absolute atomic E-state index is 0.0240. The molecule has 1 amide bonds. The summed E-state index contributed by atoms with van der Waals surface area (Å²) in [6, 6.07) is 19.0. The van der Waals surface area contributed by atoms with Crippen molar-refractivity contribution in [2.45, 2.75) is 19.3 Å². The molecule has 4 rings (SSSR count). The van der Waals surface area contributed by atoms with Gasteiger partial charge in [0.05, 0.1) is 28.3 Å². The number of carbonyl (C=O) groups is 1. The van der Waals surface area contributed by atoms with Crippen LogP contribution >= 0.6 is 0 Å². The number of para-hydroxylation sites is 1. The van der Waals surface area contributed by atoms with Crippen molar-refractivity contribution in [1.82, 2.24) is 10.3 Å². The van der Waals surface area contributed by atoms with Crippen LogP contribution in [0.2, 0.25) is 0 Å². The number of nitrogens with zero attached hydrogens (tertiary/aromatic N) is 1. The summed E-state index contributed by atoms with van der Waals surface area (Å²) in [5, 5.41) is 3.54. The standard InChI is InChI=1S/C23H24N2O3S/c26-23(24-13-14-29(27,28)16-17-7-6-8-17)20-15-22(18-9-2-1-3-10-18)25-21-12-5-4-11-19(20)21/h1-5,9-12,15,17H,6-8,13-14,16H2,(H,24,26). The average molecular weight is 409 g/mol. The third kappa shape index (κ3) is 4.65. The van der Waals surface area contributed by atoms with E-state index in [-0.39, 0.29) is 24.0 Å². The van der Waals surface area contributed by atoms with E-state index < -0.39 is 9.84 Å². The van der Waals surface area contributed by atoms with Crippen molar-refractivity contribution in [3.8, 4) is 11.3 Å². The summed E-state index contributed by atoms with van der Waals surface area (Å²) in [4.78, 5) is 17.6. The van der Waals surface area contributed by atoms with Gasteiger partial charge in [-0.15, -0.1) is 0 Å². The van der Waals surface area contributed by atoms with Gasteiger partial charge >= 0.3 is 0 Å². The Morgan fingerprint density at radius 1 is 1.03 bits per heavy atom. The van der Waals surface area contributed by atoms with E-state index in [4.69, 9.17) is 0 Å². The van der Waals surface area contributed by atoms with E-state index >= 15 is 0 Å². The minimum Gasteiger partial charge on any atom is -0.351 e. The van der Waals surface area contributed by atoms with Crippen molar-refractivity contribution in [1.29, 1.82) is 0 Å². The molecule has 3 aromatic rings. The topological polar surface area (TPSA) is 76.1 Å². The van der Waals surface area contributed by atoms with Crippen LogP contribution in [0.25, 0.3) is 22.2 Å². The van der Waals surface area contributed by atoms with Gasteiger partial charge in [-0.05, 0) is 30.9 Å². The molecule has 29 heavy (non-hydrogen) atoms. The van der Waals surface area contributed by atoms with Crippen molar-refractivity contribution in [3.05, 3.63) is 66.2 Å². The molecule has 1 fully saturated rings. The number of benzene rings is 2. The maximum Gasteiger partial charge on any atom is 0.252 e. The maximum atomic E-state index is 12.9. The number of hydrogen-bond acceptors (Lipinski definition) is 4. The first-order valence-corrected chi connectivity index (χ1v) is 11.8. The predicted molar refractivity (Wildman–Crippen MR) is 116 cm³/mol. The highest BCUT2D eigenvalue weighted by Gasteiger charge is 2.24. The molecule has 0 atom stereocenters. The second kappa shape index (κ2) is 8.33. The largest absolute Gasteiger partial charge is 0.351 e. The molecule has 0 aliphatic heterocycles. The Balaban J connectivity index is 1.53. The van der Waals surface area contributed by atoms with Gasteiger partial charge in [0.1, 0.15) is 0 Å². The van der Waals surface area contributed by atoms with E-state index in [0.717, 1.165) is 35.7 Å². The zero-order valence-electron chi connectivity index (χ0n) is 16.2. The van der Waals surface area contributed by atoms with Gasteiger partial charge in [-0.1, -0.05) is 55.0 Å². The molecule has 1 aliphatic carbocycles. The van der Waals surface area contributed by atoms with E-state index in [9.17, 15) is 13.2 Å². The number of pyridine rings is 1. The number of nitrogens with one attached hydrogen (secondary N) is 1. The molecule has 1 saturated carbocycles. The number of hydrogen-bond donors (Lipinski definition) is 1. The Labute approximate surface area is 171 Å². The normalized spacial score (nSPS) is 14.5. The van der Waals surface area contributed by atoms with Crippen LogP contribution in [-0.2, 0) is 9.84 Å². The number of carbonyl (C=O) groups excluding carboxylic acids is 1. The van der Waals surface area contributed by atoms with Crippen LogP contribution in [0, 0.1) is 5.92 Å². The monoisotopic (exact) mass is 408 g/mol. The second-order valence-corrected chi connectivity index (χ2v) is 9.83. The summed E-state index contributed by atoms with van der Waals surface area (Å²) >= 11 is 0. The summed E-state index contributed by atoms with van der Waals surface area (Å²) < 4.78 is 24.5. The molecule has 1 N–H and O–H groups in total. The smallest absolute Gasteiger partial charge is 0.252 e. The molecule has 0 unspecified atom stereocenters. The Morgan fingerprint density at radius 2 is 1.76 bits per heavy atom. The molecule has 6 heteroatoms. The van der Waals surface area contributed by atoms with Crippen LogP contribution in [0.5, 0.6) is 0 Å². The van der Waals surface area contributed by atoms with Gasteiger partial charge in [0.15, 0.2) is 9.84 Å². The van der Waals surface area contributed by atoms with Crippen molar-refractivity contribution in [2.24, 2.45) is 5.92 Å². The zero-order chi connectivity index (χ0) is 20.3. The lowest BCUT2D eigenvalue weighted by Crippen LogP contribution is -2.32. The highest BCUT2D eigenvalue weighted by atomic mass is 32.2. The fraction of sp³-hybridized carbons (Fsp3) is 0.304. The molecule has 2 aromatic carbocycles. The third-order valence-corrected chi connectivity index (χ3v) is 7.25. The van der Waals surface area contributed by atoms with Crippen LogP contribution in [-0.4, -0.2) is 37.4 Å². The second-order valence-electron chi connectivity index (χ2n) is 7.61. The van der Waals surface area contributed by atoms with Crippen LogP contribution in [0.1, 0.15) is 29.6 Å². The van der Waals surface area contributed by atoms with Gasteiger partial charge in [-0.25, -0.2) is 13.4 Å². The summed E-state index contributed by atoms with van der Waals surface area (Å²) in [5.41, 5.74) is 2.88. The molecule has 0 spiro atoms. The average Bonchev–Trinajstić information content (AvgIpc) is 2.70. The number of aromatic nitrogens is 1. The van der Waals surface area contributed by atoms with Gasteiger partial charge in [-0.2, -0.15) is 0 Å². The lowest BCUT2D eigenvalue weighted by atomic mass is 9.87. The third-order valence-electron chi connectivity index (χ3n) is 5.44. The maximum absolute atomic E-state index is 12.9. The van der Waals surface area contributed by atoms with Gasteiger partial charge in [0.25, 0.3) is 5.91 Å². The van der Waals surface area contributed by atoms with Gasteiger partial charge in [0.2, 0.25) is 0 Å². The summed E-state index contributed by atoms with van der Waals surface area (Å²) in [5.74, 6) is 0.233. The van der Waals surface area contributed by atoms with E-state index in [1.54, 1.807) is 6.07 Å². The van der Waals surface area contributed by atoms with E-state index in [2.05, 4.69) is 10.3 Å². The quantitative estimate of drug-likeness (QED) is 0.644. The Morgan fingerprint density at radius 3 is 2.48 bits per heavy atom. The van der Waals surface area contributed by atoms with Crippen LogP contribution in [0.3, 0.4) is 0 Å². The van der Waals surface area contributed by atoms with Crippen molar-refractivity contribution in [2.75, 3.05) is 18.1 Å². The first-order chi connectivity index (χ1) is 14.0. The van der Waals surface area contributed by atoms with Gasteiger partial charge < -0.3 is 5.32 Å². The van der Waals surface area contributed by atoms with Crippen LogP contribution in [0.4, 0.5) is 0 Å². The van der Waals surface area contributed by atoms with E-state index in [1.165, 1.54) is 0 Å². The first kappa shape index (κ1) is 19.6. The molecule has 0 saturated heterocycles. The summed E-state index contributed by atoms with van der Waals surface area (Å²) in [6.07, 6.45) is 3.11. The summed E-state index contributed by atoms with van der Waals surface area (Å²) in [7, 11) is -3.14. The van der Waals surface area contributed by atoms with E-state index in [0.29, 0.717) is 17.2 Å². The Bertz CT molecular complexity index is 1120. The number of fused-ring (bicyclic) bond motifs is 1. The molecular weight excluding hydrogens is 384 g/mol. The predicted octanol–water partition coefficient (Wildman–Crippen LogP) is 3.85. The molecular formula is C23H24N2O3S. The highest BCUT2D eigenvalue weighted by Crippen LogP contribution is 2.28. The number of sulfone groups is 1. The molecule has 1 aliphatic rings. The Kier molecular flexibility index (Phi) is 5.62. The van der Waals surface area contributed by atoms with Crippen molar-refractivity contribution in [3.63, 3.8) is 0 Å². The van der Waals surface area contributed by atoms with Crippen molar-refractivity contribution < 1.29 is 13.2 Å². The van der Waals surface area contributed by atoms with Crippen LogP contribution < -0.4 is 5.32 Å². The van der Waals surface area contributed by atoms with Crippen LogP contribution in [0.15, 0.2) is 60.7 Å². The molecule has 0 bridgehead atoms. The lowest BCUT2D eigenvalue weighted by Gasteiger charge is -2.24. The van der Waals surface area contributed by atoms with E-state index in [1.807, 2.05) is 54.6 Å². The Hall–Kier alpha value is -2.73. The highest BCUT2D eigenvalue weighted by molar-refractivity contribution is 7.91. The minimum atomic E-state index is -3.14. The SMILES string of the molecule is O=C(NCCS(=O)(=O)CC1CCC1)c1cc(-c2ccccc2)nc2ccccc12. The zero-order valence-corrected chi connectivity index (χ0v) is 17.0. The fourth-order valence-corrected chi connectivity index (χ4v) is 5.27. The van der Waals surface area contributed by atoms with Crippen molar-refractivity contribution >= 4 is 26.6 Å². The fourth-order valence-electron chi connectivity index (χ4n) is 3.64. The molecule has 150 valence electrons. The van der Waals surface area contributed by atoms with Gasteiger partial charge in [0, 0.05) is 17.5 Å². The summed E-state index contributed by atoms with van der Waals surface area (Å²) in [6.45, 7) is 0.116. The van der Waals surface area contributed by atoms with Gasteiger partial charge in [-0.3, -0.25) is 4.79 Å².